The summed E-state index contributed by atoms with van der Waals surface area (Å²) in [7, 11) is 0. The van der Waals surface area contributed by atoms with Crippen LogP contribution in [0.25, 0.3) is 11.6 Å². The standard InChI is InChI=1S/C12H16N4O2/c17-9(8-3-1-2-4-8)7-10-15-12(16-18-10)11-13-5-6-14-11/h5-6,8-9,17H,1-4,7H2,(H,13,14). The molecule has 0 amide bonds. The van der Waals surface area contributed by atoms with E-state index in [1.165, 1.54) is 12.8 Å². The van der Waals surface area contributed by atoms with Gasteiger partial charge in [-0.1, -0.05) is 18.0 Å². The fourth-order valence-corrected chi connectivity index (χ4v) is 2.51. The van der Waals surface area contributed by atoms with Crippen molar-refractivity contribution in [2.75, 3.05) is 0 Å². The molecule has 1 aliphatic carbocycles. The van der Waals surface area contributed by atoms with Crippen LogP contribution >= 0.6 is 0 Å². The van der Waals surface area contributed by atoms with E-state index in [0.717, 1.165) is 12.8 Å². The summed E-state index contributed by atoms with van der Waals surface area (Å²) < 4.78 is 5.14. The van der Waals surface area contributed by atoms with Crippen molar-refractivity contribution >= 4 is 0 Å². The van der Waals surface area contributed by atoms with Gasteiger partial charge in [0.05, 0.1) is 12.5 Å². The van der Waals surface area contributed by atoms with Gasteiger partial charge in [-0.3, -0.25) is 0 Å². The number of H-pyrrole nitrogens is 1. The Bertz CT molecular complexity index is 488. The van der Waals surface area contributed by atoms with Gasteiger partial charge < -0.3 is 14.6 Å². The lowest BCUT2D eigenvalue weighted by Gasteiger charge is -2.14. The minimum Gasteiger partial charge on any atom is -0.392 e. The third-order valence-electron chi connectivity index (χ3n) is 3.51. The van der Waals surface area contributed by atoms with Crippen LogP contribution in [-0.4, -0.2) is 31.3 Å². The molecule has 96 valence electrons. The maximum Gasteiger partial charge on any atom is 0.238 e. The fraction of sp³-hybridized carbons (Fsp3) is 0.583. The molecule has 1 aliphatic rings. The molecule has 0 aliphatic heterocycles. The van der Waals surface area contributed by atoms with Crippen LogP contribution in [0, 0.1) is 5.92 Å². The summed E-state index contributed by atoms with van der Waals surface area (Å²) in [5.41, 5.74) is 0. The number of aromatic amines is 1. The Labute approximate surface area is 104 Å². The van der Waals surface area contributed by atoms with Gasteiger partial charge in [-0.2, -0.15) is 4.98 Å². The van der Waals surface area contributed by atoms with E-state index in [-0.39, 0.29) is 6.10 Å². The van der Waals surface area contributed by atoms with Crippen LogP contribution in [0.4, 0.5) is 0 Å². The van der Waals surface area contributed by atoms with E-state index in [1.54, 1.807) is 12.4 Å². The third kappa shape index (κ3) is 2.28. The topological polar surface area (TPSA) is 87.8 Å². The first kappa shape index (κ1) is 11.4. The number of aliphatic hydroxyl groups is 1. The van der Waals surface area contributed by atoms with Crippen molar-refractivity contribution in [1.82, 2.24) is 20.1 Å². The molecule has 1 unspecified atom stereocenters. The Morgan fingerprint density at radius 3 is 3.00 bits per heavy atom. The number of aromatic nitrogens is 4. The number of rotatable bonds is 4. The lowest BCUT2D eigenvalue weighted by Crippen LogP contribution is -2.20. The highest BCUT2D eigenvalue weighted by molar-refractivity contribution is 5.40. The molecule has 18 heavy (non-hydrogen) atoms. The molecule has 0 spiro atoms. The molecule has 2 aromatic rings. The number of imidazole rings is 1. The van der Waals surface area contributed by atoms with Crippen LogP contribution in [0.1, 0.15) is 31.6 Å². The van der Waals surface area contributed by atoms with Crippen LogP contribution in [0.3, 0.4) is 0 Å². The molecule has 1 atom stereocenters. The summed E-state index contributed by atoms with van der Waals surface area (Å²) in [6.45, 7) is 0. The zero-order valence-corrected chi connectivity index (χ0v) is 10.0. The van der Waals surface area contributed by atoms with E-state index in [1.807, 2.05) is 0 Å². The third-order valence-corrected chi connectivity index (χ3v) is 3.51. The molecule has 0 bridgehead atoms. The van der Waals surface area contributed by atoms with E-state index in [2.05, 4.69) is 20.1 Å². The van der Waals surface area contributed by atoms with E-state index >= 15 is 0 Å². The van der Waals surface area contributed by atoms with Crippen molar-refractivity contribution in [1.29, 1.82) is 0 Å². The van der Waals surface area contributed by atoms with Gasteiger partial charge in [-0.05, 0) is 18.8 Å². The van der Waals surface area contributed by atoms with Gasteiger partial charge in [0, 0.05) is 12.4 Å². The van der Waals surface area contributed by atoms with Gasteiger partial charge in [0.15, 0.2) is 5.82 Å². The van der Waals surface area contributed by atoms with Crippen LogP contribution in [0.2, 0.25) is 0 Å². The smallest absolute Gasteiger partial charge is 0.238 e. The lowest BCUT2D eigenvalue weighted by molar-refractivity contribution is 0.102. The second kappa shape index (κ2) is 4.89. The Balaban J connectivity index is 1.66. The predicted molar refractivity (Wildman–Crippen MR) is 63.5 cm³/mol. The number of hydrogen-bond donors (Lipinski definition) is 2. The maximum atomic E-state index is 10.1. The second-order valence-corrected chi connectivity index (χ2v) is 4.77. The van der Waals surface area contributed by atoms with Crippen molar-refractivity contribution < 1.29 is 9.63 Å². The summed E-state index contributed by atoms with van der Waals surface area (Å²) in [5, 5.41) is 13.9. The van der Waals surface area contributed by atoms with Gasteiger partial charge in [0.25, 0.3) is 0 Å². The molecule has 3 rings (SSSR count). The first-order valence-corrected chi connectivity index (χ1v) is 6.33. The highest BCUT2D eigenvalue weighted by Gasteiger charge is 2.25. The molecule has 0 radical (unpaired) electrons. The molecule has 0 saturated heterocycles. The van der Waals surface area contributed by atoms with Gasteiger partial charge in [-0.15, -0.1) is 0 Å². The summed E-state index contributed by atoms with van der Waals surface area (Å²) in [6, 6.07) is 0. The van der Waals surface area contributed by atoms with E-state index in [4.69, 9.17) is 4.52 Å². The predicted octanol–water partition coefficient (Wildman–Crippen LogP) is 1.55. The fourth-order valence-electron chi connectivity index (χ4n) is 2.51. The summed E-state index contributed by atoms with van der Waals surface area (Å²) in [6.07, 6.45) is 8.01. The van der Waals surface area contributed by atoms with Gasteiger partial charge in [-0.25, -0.2) is 4.98 Å². The average Bonchev–Trinajstić information content (AvgIpc) is 3.12. The van der Waals surface area contributed by atoms with Crippen molar-refractivity contribution in [3.8, 4) is 11.6 Å². The average molecular weight is 248 g/mol. The molecular weight excluding hydrogens is 232 g/mol. The monoisotopic (exact) mass is 248 g/mol. The quantitative estimate of drug-likeness (QED) is 0.857. The Hall–Kier alpha value is -1.69. The molecule has 2 heterocycles. The Morgan fingerprint density at radius 2 is 2.28 bits per heavy atom. The largest absolute Gasteiger partial charge is 0.392 e. The summed E-state index contributed by atoms with van der Waals surface area (Å²) in [5.74, 6) is 1.87. The van der Waals surface area contributed by atoms with Crippen LogP contribution in [0.15, 0.2) is 16.9 Å². The molecule has 2 aromatic heterocycles. The lowest BCUT2D eigenvalue weighted by atomic mass is 9.98. The van der Waals surface area contributed by atoms with Crippen LogP contribution in [0.5, 0.6) is 0 Å². The zero-order valence-electron chi connectivity index (χ0n) is 10.0. The van der Waals surface area contributed by atoms with E-state index < -0.39 is 0 Å². The highest BCUT2D eigenvalue weighted by atomic mass is 16.5. The molecular formula is C12H16N4O2. The van der Waals surface area contributed by atoms with Crippen LogP contribution < -0.4 is 0 Å². The van der Waals surface area contributed by atoms with Gasteiger partial charge in [0.2, 0.25) is 11.7 Å². The highest BCUT2D eigenvalue weighted by Crippen LogP contribution is 2.29. The van der Waals surface area contributed by atoms with E-state index in [9.17, 15) is 5.11 Å². The Kier molecular flexibility index (Phi) is 3.10. The van der Waals surface area contributed by atoms with Crippen molar-refractivity contribution in [3.63, 3.8) is 0 Å². The number of hydrogen-bond acceptors (Lipinski definition) is 5. The number of nitrogens with zero attached hydrogens (tertiary/aromatic N) is 3. The van der Waals surface area contributed by atoms with Gasteiger partial charge in [0.1, 0.15) is 0 Å². The van der Waals surface area contributed by atoms with E-state index in [0.29, 0.717) is 29.9 Å². The molecule has 1 fully saturated rings. The van der Waals surface area contributed by atoms with Crippen molar-refractivity contribution in [2.45, 2.75) is 38.2 Å². The van der Waals surface area contributed by atoms with Gasteiger partial charge >= 0.3 is 0 Å². The Morgan fingerprint density at radius 1 is 1.44 bits per heavy atom. The van der Waals surface area contributed by atoms with Crippen molar-refractivity contribution in [3.05, 3.63) is 18.3 Å². The number of aliphatic hydroxyl groups excluding tert-OH is 1. The second-order valence-electron chi connectivity index (χ2n) is 4.77. The normalized spacial score (nSPS) is 18.3. The zero-order chi connectivity index (χ0) is 12.4. The molecule has 2 N–H and O–H groups in total. The number of nitrogens with one attached hydrogen (secondary N) is 1. The minimum absolute atomic E-state index is 0.377. The molecule has 6 heteroatoms. The molecule has 6 nitrogen and oxygen atoms in total. The summed E-state index contributed by atoms with van der Waals surface area (Å²) in [4.78, 5) is 11.2. The molecule has 0 aromatic carbocycles. The summed E-state index contributed by atoms with van der Waals surface area (Å²) >= 11 is 0. The first-order chi connectivity index (χ1) is 8.83. The van der Waals surface area contributed by atoms with Crippen molar-refractivity contribution in [2.24, 2.45) is 5.92 Å². The minimum atomic E-state index is -0.377. The molecule has 1 saturated carbocycles. The first-order valence-electron chi connectivity index (χ1n) is 6.33. The van der Waals surface area contributed by atoms with Crippen LogP contribution in [-0.2, 0) is 6.42 Å². The SMILES string of the molecule is OC(Cc1nc(-c2ncc[nH]2)no1)C1CCCC1. The maximum absolute atomic E-state index is 10.1.